The summed E-state index contributed by atoms with van der Waals surface area (Å²) in [4.78, 5) is 14.8. The molecule has 0 aromatic carbocycles. The Bertz CT molecular complexity index is 805. The van der Waals surface area contributed by atoms with Gasteiger partial charge in [-0.2, -0.15) is 13.2 Å². The van der Waals surface area contributed by atoms with Gasteiger partial charge in [0.1, 0.15) is 10.8 Å². The fraction of sp³-hybridized carbons (Fsp3) is 0.500. The Morgan fingerprint density at radius 2 is 2.03 bits per heavy atom. The van der Waals surface area contributed by atoms with Crippen molar-refractivity contribution in [2.45, 2.75) is 39.0 Å². The van der Waals surface area contributed by atoms with Crippen molar-refractivity contribution in [3.63, 3.8) is 0 Å². The summed E-state index contributed by atoms with van der Waals surface area (Å²) in [5, 5.41) is 7.52. The molecule has 0 saturated carbocycles. The van der Waals surface area contributed by atoms with E-state index in [1.807, 2.05) is 19.1 Å². The monoisotopic (exact) mass is 540 g/mol. The average molecular weight is 540 g/mol. The number of hydrogen-bond donors (Lipinski definition) is 2. The molecule has 0 aliphatic carbocycles. The zero-order valence-electron chi connectivity index (χ0n) is 16.0. The number of aliphatic imine (C=N–C) groups is 1. The van der Waals surface area contributed by atoms with Crippen molar-refractivity contribution in [3.8, 4) is 0 Å². The predicted octanol–water partition coefficient (Wildman–Crippen LogP) is 4.03. The number of nitrogens with one attached hydrogen (secondary N) is 2. The van der Waals surface area contributed by atoms with Gasteiger partial charge in [0.05, 0.1) is 13.1 Å². The maximum absolute atomic E-state index is 12.7. The van der Waals surface area contributed by atoms with E-state index < -0.39 is 11.9 Å². The molecule has 1 aliphatic rings. The molecule has 2 aromatic rings. The number of guanidine groups is 1. The first-order chi connectivity index (χ1) is 13.5. The van der Waals surface area contributed by atoms with Crippen molar-refractivity contribution in [1.29, 1.82) is 0 Å². The van der Waals surface area contributed by atoms with Gasteiger partial charge in [-0.05, 0) is 37.5 Å². The van der Waals surface area contributed by atoms with Crippen molar-refractivity contribution in [1.82, 2.24) is 20.6 Å². The highest BCUT2D eigenvalue weighted by atomic mass is 127. The first-order valence-electron chi connectivity index (χ1n) is 9.19. The van der Waals surface area contributed by atoms with Gasteiger partial charge >= 0.3 is 6.18 Å². The van der Waals surface area contributed by atoms with Crippen molar-refractivity contribution >= 4 is 47.1 Å². The Morgan fingerprint density at radius 3 is 2.69 bits per heavy atom. The minimum atomic E-state index is -4.41. The Kier molecular flexibility index (Phi) is 8.93. The van der Waals surface area contributed by atoms with E-state index in [0.717, 1.165) is 41.2 Å². The van der Waals surface area contributed by atoms with Crippen LogP contribution in [0.4, 0.5) is 19.0 Å². The summed E-state index contributed by atoms with van der Waals surface area (Å²) in [6, 6.07) is 3.96. The zero-order valence-corrected chi connectivity index (χ0v) is 19.1. The number of thiazole rings is 1. The van der Waals surface area contributed by atoms with E-state index in [9.17, 15) is 13.2 Å². The number of pyridine rings is 1. The molecule has 2 N–H and O–H groups in total. The van der Waals surface area contributed by atoms with Crippen LogP contribution in [0.1, 0.15) is 36.0 Å². The maximum atomic E-state index is 12.7. The van der Waals surface area contributed by atoms with Gasteiger partial charge in [-0.1, -0.05) is 0 Å². The standard InChI is InChI=1S/C18H23F3N6S.HI/c1-2-22-17(25-11-16-26-14(12-28-16)18(19,20)21)24-10-13-5-6-23-15(9-13)27-7-3-4-8-27;/h5-6,9,12H,2-4,7-8,10-11H2,1H3,(H2,22,24,25);1H. The van der Waals surface area contributed by atoms with Crippen LogP contribution in [0.25, 0.3) is 0 Å². The van der Waals surface area contributed by atoms with Gasteiger partial charge < -0.3 is 15.5 Å². The van der Waals surface area contributed by atoms with Crippen molar-refractivity contribution in [2.75, 3.05) is 24.5 Å². The highest BCUT2D eigenvalue weighted by Gasteiger charge is 2.33. The summed E-state index contributed by atoms with van der Waals surface area (Å²) in [6.07, 6.45) is -0.258. The van der Waals surface area contributed by atoms with Gasteiger partial charge in [0.25, 0.3) is 0 Å². The summed E-state index contributed by atoms with van der Waals surface area (Å²) >= 11 is 0.977. The third kappa shape index (κ3) is 6.98. The molecule has 0 amide bonds. The van der Waals surface area contributed by atoms with E-state index in [-0.39, 0.29) is 30.5 Å². The first kappa shape index (κ1) is 23.6. The number of anilines is 1. The van der Waals surface area contributed by atoms with Crippen LogP contribution >= 0.6 is 35.3 Å². The molecule has 2 aromatic heterocycles. The van der Waals surface area contributed by atoms with Gasteiger partial charge in [0, 0.05) is 31.2 Å². The molecule has 0 unspecified atom stereocenters. The number of halogens is 4. The van der Waals surface area contributed by atoms with Crippen molar-refractivity contribution < 1.29 is 13.2 Å². The quantitative estimate of drug-likeness (QED) is 0.329. The van der Waals surface area contributed by atoms with Gasteiger partial charge in [-0.3, -0.25) is 0 Å². The van der Waals surface area contributed by atoms with Crippen LogP contribution in [0.3, 0.4) is 0 Å². The van der Waals surface area contributed by atoms with E-state index in [1.165, 1.54) is 12.8 Å². The Labute approximate surface area is 189 Å². The van der Waals surface area contributed by atoms with E-state index in [1.54, 1.807) is 6.20 Å². The van der Waals surface area contributed by atoms with E-state index in [2.05, 4.69) is 30.5 Å². The summed E-state index contributed by atoms with van der Waals surface area (Å²) in [5.41, 5.74) is 0.171. The molecule has 1 fully saturated rings. The molecule has 3 heterocycles. The number of alkyl halides is 3. The van der Waals surface area contributed by atoms with Gasteiger partial charge in [0.15, 0.2) is 11.7 Å². The number of rotatable bonds is 6. The lowest BCUT2D eigenvalue weighted by molar-refractivity contribution is -0.140. The molecular formula is C18H24F3IN6S. The fourth-order valence-electron chi connectivity index (χ4n) is 2.87. The lowest BCUT2D eigenvalue weighted by Crippen LogP contribution is -2.36. The third-order valence-electron chi connectivity index (χ3n) is 4.25. The summed E-state index contributed by atoms with van der Waals surface area (Å²) in [6.45, 7) is 5.26. The molecular weight excluding hydrogens is 516 g/mol. The predicted molar refractivity (Wildman–Crippen MR) is 120 cm³/mol. The Hall–Kier alpha value is -1.63. The number of hydrogen-bond acceptors (Lipinski definition) is 5. The molecule has 0 spiro atoms. The third-order valence-corrected chi connectivity index (χ3v) is 5.10. The van der Waals surface area contributed by atoms with Crippen molar-refractivity contribution in [3.05, 3.63) is 40.0 Å². The highest BCUT2D eigenvalue weighted by molar-refractivity contribution is 14.0. The normalized spacial score (nSPS) is 14.6. The molecule has 0 atom stereocenters. The highest BCUT2D eigenvalue weighted by Crippen LogP contribution is 2.29. The van der Waals surface area contributed by atoms with Crippen LogP contribution in [-0.2, 0) is 19.3 Å². The van der Waals surface area contributed by atoms with Crippen LogP contribution in [0.15, 0.2) is 28.7 Å². The van der Waals surface area contributed by atoms with Crippen molar-refractivity contribution in [2.24, 2.45) is 4.99 Å². The van der Waals surface area contributed by atoms with Gasteiger partial charge in [-0.15, -0.1) is 35.3 Å². The Morgan fingerprint density at radius 1 is 1.28 bits per heavy atom. The second-order valence-corrected chi connectivity index (χ2v) is 7.33. The second kappa shape index (κ2) is 11.0. The molecule has 1 saturated heterocycles. The van der Waals surface area contributed by atoms with E-state index >= 15 is 0 Å². The molecule has 1 aliphatic heterocycles. The molecule has 0 radical (unpaired) electrons. The summed E-state index contributed by atoms with van der Waals surface area (Å²) in [5.74, 6) is 1.50. The van der Waals surface area contributed by atoms with Gasteiger partial charge in [-0.25, -0.2) is 15.0 Å². The van der Waals surface area contributed by atoms with E-state index in [0.29, 0.717) is 24.1 Å². The summed E-state index contributed by atoms with van der Waals surface area (Å²) in [7, 11) is 0. The summed E-state index contributed by atoms with van der Waals surface area (Å²) < 4.78 is 38.0. The number of aromatic nitrogens is 2. The van der Waals surface area contributed by atoms with E-state index in [4.69, 9.17) is 0 Å². The van der Waals surface area contributed by atoms with Gasteiger partial charge in [0.2, 0.25) is 0 Å². The molecule has 160 valence electrons. The minimum absolute atomic E-state index is 0. The lowest BCUT2D eigenvalue weighted by Gasteiger charge is -2.16. The lowest BCUT2D eigenvalue weighted by atomic mass is 10.2. The minimum Gasteiger partial charge on any atom is -0.357 e. The topological polar surface area (TPSA) is 65.4 Å². The molecule has 6 nitrogen and oxygen atoms in total. The first-order valence-corrected chi connectivity index (χ1v) is 10.1. The van der Waals surface area contributed by atoms with Crippen LogP contribution in [0.5, 0.6) is 0 Å². The van der Waals surface area contributed by atoms with Crippen LogP contribution in [0.2, 0.25) is 0 Å². The van der Waals surface area contributed by atoms with Crippen LogP contribution in [0, 0.1) is 0 Å². The average Bonchev–Trinajstić information content (AvgIpc) is 3.36. The molecule has 11 heteroatoms. The largest absolute Gasteiger partial charge is 0.434 e. The molecule has 3 rings (SSSR count). The molecule has 29 heavy (non-hydrogen) atoms. The fourth-order valence-corrected chi connectivity index (χ4v) is 3.61. The molecule has 0 bridgehead atoms. The van der Waals surface area contributed by atoms with Crippen LogP contribution < -0.4 is 15.5 Å². The number of nitrogens with zero attached hydrogens (tertiary/aromatic N) is 4. The Balaban J connectivity index is 0.00000300. The zero-order chi connectivity index (χ0) is 20.0. The smallest absolute Gasteiger partial charge is 0.357 e. The maximum Gasteiger partial charge on any atom is 0.434 e. The van der Waals surface area contributed by atoms with Crippen LogP contribution in [-0.4, -0.2) is 35.6 Å². The second-order valence-electron chi connectivity index (χ2n) is 6.39. The SMILES string of the molecule is CCNC(=NCc1ccnc(N2CCCC2)c1)NCc1nc(C(F)(F)F)cs1.I.